The molecule has 27 heavy (non-hydrogen) atoms. The van der Waals surface area contributed by atoms with Gasteiger partial charge in [-0.1, -0.05) is 12.1 Å². The number of carbonyl (C=O) groups excluding carboxylic acids is 1. The number of nitrogens with one attached hydrogen (secondary N) is 2. The summed E-state index contributed by atoms with van der Waals surface area (Å²) >= 11 is 0. The van der Waals surface area contributed by atoms with E-state index in [2.05, 4.69) is 26.3 Å². The average molecular weight is 364 g/mol. The molecule has 0 unspecified atom stereocenters. The van der Waals surface area contributed by atoms with Crippen LogP contribution in [0.4, 0.5) is 5.82 Å². The molecular weight excluding hydrogens is 344 g/mol. The fraction of sp³-hybridized carbons (Fsp3) is 0.263. The molecule has 8 heteroatoms. The molecule has 0 aliphatic carbocycles. The maximum Gasteiger partial charge on any atom is 0.267 e. The van der Waals surface area contributed by atoms with E-state index in [0.717, 1.165) is 31.6 Å². The first-order valence-electron chi connectivity index (χ1n) is 8.58. The first-order valence-corrected chi connectivity index (χ1v) is 8.58. The lowest BCUT2D eigenvalue weighted by Crippen LogP contribution is -2.26. The molecule has 1 fully saturated rings. The van der Waals surface area contributed by atoms with Crippen LogP contribution in [0.3, 0.4) is 0 Å². The monoisotopic (exact) mass is 364 g/mol. The second kappa shape index (κ2) is 8.89. The molecule has 1 saturated heterocycles. The Morgan fingerprint density at radius 2 is 2.30 bits per heavy atom. The van der Waals surface area contributed by atoms with Crippen molar-refractivity contribution in [2.45, 2.75) is 19.0 Å². The molecule has 1 aliphatic rings. The maximum absolute atomic E-state index is 11.0. The van der Waals surface area contributed by atoms with Crippen LogP contribution >= 0.6 is 0 Å². The van der Waals surface area contributed by atoms with Gasteiger partial charge in [-0.15, -0.1) is 0 Å². The van der Waals surface area contributed by atoms with Crippen LogP contribution in [0.2, 0.25) is 0 Å². The zero-order chi connectivity index (χ0) is 19.1. The molecule has 1 aliphatic heterocycles. The average Bonchev–Trinajstić information content (AvgIpc) is 3.14. The van der Waals surface area contributed by atoms with E-state index in [-0.39, 0.29) is 6.04 Å². The summed E-state index contributed by atoms with van der Waals surface area (Å²) in [6.45, 7) is 2.67. The second-order valence-corrected chi connectivity index (χ2v) is 6.31. The number of benzene rings is 1. The van der Waals surface area contributed by atoms with E-state index in [0.29, 0.717) is 17.1 Å². The molecule has 1 aromatic heterocycles. The van der Waals surface area contributed by atoms with E-state index in [1.165, 1.54) is 17.6 Å². The van der Waals surface area contributed by atoms with Gasteiger partial charge in [0.25, 0.3) is 5.91 Å². The molecule has 1 amide bonds. The van der Waals surface area contributed by atoms with E-state index < -0.39 is 5.91 Å². The zero-order valence-corrected chi connectivity index (χ0v) is 14.7. The summed E-state index contributed by atoms with van der Waals surface area (Å²) in [5.41, 5.74) is 3.86. The van der Waals surface area contributed by atoms with Gasteiger partial charge >= 0.3 is 0 Å². The summed E-state index contributed by atoms with van der Waals surface area (Å²) in [6.07, 6.45) is 6.82. The molecule has 8 nitrogen and oxygen atoms in total. The van der Waals surface area contributed by atoms with Gasteiger partial charge in [0, 0.05) is 31.8 Å². The third-order valence-corrected chi connectivity index (χ3v) is 4.27. The van der Waals surface area contributed by atoms with Crippen molar-refractivity contribution in [2.24, 2.45) is 0 Å². The highest BCUT2D eigenvalue weighted by molar-refractivity contribution is 5.90. The Bertz CT molecular complexity index is 859. The van der Waals surface area contributed by atoms with Gasteiger partial charge in [-0.2, -0.15) is 5.26 Å². The Morgan fingerprint density at radius 3 is 3.04 bits per heavy atom. The van der Waals surface area contributed by atoms with Crippen molar-refractivity contribution in [1.29, 1.82) is 5.26 Å². The van der Waals surface area contributed by atoms with Crippen molar-refractivity contribution in [3.8, 4) is 6.07 Å². The van der Waals surface area contributed by atoms with Crippen molar-refractivity contribution in [1.82, 2.24) is 20.3 Å². The van der Waals surface area contributed by atoms with Gasteiger partial charge in [-0.3, -0.25) is 19.9 Å². The lowest BCUT2D eigenvalue weighted by atomic mass is 10.1. The lowest BCUT2D eigenvalue weighted by molar-refractivity contribution is -0.124. The number of hydrogen-bond acceptors (Lipinski definition) is 7. The minimum atomic E-state index is -0.620. The third kappa shape index (κ3) is 5.34. The SMILES string of the molecule is N#Cc1cccc(CN2CC[C@@H](Nc3cnc(C=CC(=O)NO)cn3)C2)c1. The van der Waals surface area contributed by atoms with Crippen LogP contribution in [0.15, 0.2) is 42.7 Å². The highest BCUT2D eigenvalue weighted by Gasteiger charge is 2.22. The molecule has 1 aromatic carbocycles. The van der Waals surface area contributed by atoms with Crippen molar-refractivity contribution in [3.63, 3.8) is 0 Å². The number of likely N-dealkylation sites (tertiary alicyclic amines) is 1. The van der Waals surface area contributed by atoms with Crippen LogP contribution in [0, 0.1) is 11.3 Å². The predicted molar refractivity (Wildman–Crippen MR) is 99.5 cm³/mol. The Hall–Kier alpha value is -3.28. The van der Waals surface area contributed by atoms with Gasteiger partial charge in [0.05, 0.1) is 29.7 Å². The first-order chi connectivity index (χ1) is 13.2. The fourth-order valence-corrected chi connectivity index (χ4v) is 3.00. The van der Waals surface area contributed by atoms with E-state index in [1.807, 2.05) is 24.3 Å². The van der Waals surface area contributed by atoms with Crippen molar-refractivity contribution in [3.05, 3.63) is 59.6 Å². The van der Waals surface area contributed by atoms with Crippen LogP contribution in [0.1, 0.15) is 23.2 Å². The number of nitrogens with zero attached hydrogens (tertiary/aromatic N) is 4. The topological polar surface area (TPSA) is 114 Å². The molecule has 0 bridgehead atoms. The number of hydroxylamine groups is 1. The van der Waals surface area contributed by atoms with Crippen molar-refractivity contribution >= 4 is 17.8 Å². The number of hydrogen-bond donors (Lipinski definition) is 3. The Kier molecular flexibility index (Phi) is 6.10. The first kappa shape index (κ1) is 18.5. The van der Waals surface area contributed by atoms with Gasteiger partial charge < -0.3 is 5.32 Å². The van der Waals surface area contributed by atoms with Crippen LogP contribution in [-0.4, -0.2) is 45.1 Å². The normalized spacial score (nSPS) is 17.0. The standard InChI is InChI=1S/C19H20N6O2/c20-9-14-2-1-3-15(8-14)12-25-7-6-17(13-25)23-18-11-21-16(10-22-18)4-5-19(26)24-27/h1-5,8,10-11,17,27H,6-7,12-13H2,(H,22,23)(H,24,26)/t17-/m1/s1. The third-order valence-electron chi connectivity index (χ3n) is 4.27. The molecular formula is C19H20N6O2. The summed E-state index contributed by atoms with van der Waals surface area (Å²) in [4.78, 5) is 21.8. The van der Waals surface area contributed by atoms with Gasteiger partial charge in [-0.05, 0) is 30.2 Å². The lowest BCUT2D eigenvalue weighted by Gasteiger charge is -2.17. The number of carbonyl (C=O) groups is 1. The summed E-state index contributed by atoms with van der Waals surface area (Å²) in [7, 11) is 0. The van der Waals surface area contributed by atoms with E-state index >= 15 is 0 Å². The summed E-state index contributed by atoms with van der Waals surface area (Å²) < 4.78 is 0. The molecule has 2 aromatic rings. The summed E-state index contributed by atoms with van der Waals surface area (Å²) in [5, 5.41) is 20.8. The van der Waals surface area contributed by atoms with Crippen LogP contribution < -0.4 is 10.8 Å². The highest BCUT2D eigenvalue weighted by atomic mass is 16.5. The second-order valence-electron chi connectivity index (χ2n) is 6.31. The summed E-state index contributed by atoms with van der Waals surface area (Å²) in [5.74, 6) is 0.0578. The van der Waals surface area contributed by atoms with Crippen LogP contribution in [-0.2, 0) is 11.3 Å². The van der Waals surface area contributed by atoms with Crippen molar-refractivity contribution in [2.75, 3.05) is 18.4 Å². The number of aromatic nitrogens is 2. The maximum atomic E-state index is 11.0. The fourth-order valence-electron chi connectivity index (χ4n) is 3.00. The zero-order valence-electron chi connectivity index (χ0n) is 14.7. The molecule has 3 N–H and O–H groups in total. The van der Waals surface area contributed by atoms with E-state index in [4.69, 9.17) is 10.5 Å². The number of nitriles is 1. The predicted octanol–water partition coefficient (Wildman–Crippen LogP) is 1.55. The van der Waals surface area contributed by atoms with E-state index in [9.17, 15) is 4.79 Å². The molecule has 0 saturated carbocycles. The van der Waals surface area contributed by atoms with Gasteiger partial charge in [0.1, 0.15) is 5.82 Å². The Labute approximate surface area is 157 Å². The Morgan fingerprint density at radius 1 is 1.41 bits per heavy atom. The molecule has 0 spiro atoms. The quantitative estimate of drug-likeness (QED) is 0.405. The smallest absolute Gasteiger partial charge is 0.267 e. The Balaban J connectivity index is 1.51. The molecule has 0 radical (unpaired) electrons. The molecule has 1 atom stereocenters. The highest BCUT2D eigenvalue weighted by Crippen LogP contribution is 2.17. The van der Waals surface area contributed by atoms with Gasteiger partial charge in [-0.25, -0.2) is 10.5 Å². The van der Waals surface area contributed by atoms with Gasteiger partial charge in [0.15, 0.2) is 0 Å². The van der Waals surface area contributed by atoms with Crippen LogP contribution in [0.5, 0.6) is 0 Å². The van der Waals surface area contributed by atoms with Crippen molar-refractivity contribution < 1.29 is 10.0 Å². The molecule has 138 valence electrons. The number of anilines is 1. The largest absolute Gasteiger partial charge is 0.365 e. The van der Waals surface area contributed by atoms with Gasteiger partial charge in [0.2, 0.25) is 0 Å². The van der Waals surface area contributed by atoms with E-state index in [1.54, 1.807) is 12.4 Å². The minimum absolute atomic E-state index is 0.278. The number of rotatable bonds is 6. The number of amides is 1. The molecule has 2 heterocycles. The summed E-state index contributed by atoms with van der Waals surface area (Å²) in [6, 6.07) is 10.1. The van der Waals surface area contributed by atoms with Crippen LogP contribution in [0.25, 0.3) is 6.08 Å². The minimum Gasteiger partial charge on any atom is -0.365 e. The molecule has 3 rings (SSSR count).